The van der Waals surface area contributed by atoms with Crippen LogP contribution in [0.25, 0.3) is 10.8 Å². The van der Waals surface area contributed by atoms with Crippen LogP contribution in [0.15, 0.2) is 42.5 Å². The van der Waals surface area contributed by atoms with Gasteiger partial charge in [0.15, 0.2) is 0 Å². The van der Waals surface area contributed by atoms with Gasteiger partial charge in [0.1, 0.15) is 12.1 Å². The Morgan fingerprint density at radius 1 is 0.930 bits per heavy atom. The van der Waals surface area contributed by atoms with Crippen LogP contribution in [0.1, 0.15) is 46.1 Å². The van der Waals surface area contributed by atoms with Crippen molar-refractivity contribution in [1.29, 1.82) is 0 Å². The summed E-state index contributed by atoms with van der Waals surface area (Å²) in [6, 6.07) is 10.3. The molecule has 1 saturated heterocycles. The number of ketones is 1. The van der Waals surface area contributed by atoms with E-state index in [4.69, 9.17) is 10.8 Å². The van der Waals surface area contributed by atoms with Gasteiger partial charge in [-0.15, -0.1) is 0 Å². The van der Waals surface area contributed by atoms with Gasteiger partial charge in [-0.25, -0.2) is 4.79 Å². The predicted octanol–water partition coefficient (Wildman–Crippen LogP) is 1.59. The monoisotopic (exact) mass is 595 g/mol. The fraction of sp³-hybridized carbons (Fsp3) is 0.484. The number of carboxylic acid groups (broad SMARTS) is 1. The molecule has 1 fully saturated rings. The van der Waals surface area contributed by atoms with E-state index in [2.05, 4.69) is 16.0 Å². The molecule has 2 aromatic carbocycles. The third-order valence-electron chi connectivity index (χ3n) is 7.78. The van der Waals surface area contributed by atoms with E-state index in [1.165, 1.54) is 4.90 Å². The average Bonchev–Trinajstić information content (AvgIpc) is 2.92. The molecule has 1 unspecified atom stereocenters. The largest absolute Gasteiger partial charge is 0.465 e. The highest BCUT2D eigenvalue weighted by molar-refractivity contribution is 6.38. The molecule has 43 heavy (non-hydrogen) atoms. The zero-order valence-corrected chi connectivity index (χ0v) is 25.0. The van der Waals surface area contributed by atoms with Crippen molar-refractivity contribution >= 4 is 46.3 Å². The Hall–Kier alpha value is -4.48. The molecule has 0 aromatic heterocycles. The lowest BCUT2D eigenvalue weighted by molar-refractivity contribution is -0.153. The standard InChI is InChI=1S/C31H41N5O7/c1-5-18(4)25(35-29(40)24(12-17(2)3)34-31(42)43)26(37)30(41)36-15-22(16-36)28(39)33-23(27(32)38)14-19-10-11-20-8-6-7-9-21(20)13-19/h6-11,13,17-18,22-25,34H,5,12,14-16H2,1-4H3,(H2,32,38)(H,33,39)(H,35,40)(H,42,43)/t18-,23-,24-,25?/m0/s1. The van der Waals surface area contributed by atoms with E-state index >= 15 is 0 Å². The van der Waals surface area contributed by atoms with Crippen LogP contribution in [-0.4, -0.2) is 76.7 Å². The van der Waals surface area contributed by atoms with Gasteiger partial charge in [-0.1, -0.05) is 76.6 Å². The minimum absolute atomic E-state index is 0.00659. The van der Waals surface area contributed by atoms with Crippen molar-refractivity contribution in [3.63, 3.8) is 0 Å². The summed E-state index contributed by atoms with van der Waals surface area (Å²) in [6.07, 6.45) is -0.486. The maximum atomic E-state index is 13.2. The lowest BCUT2D eigenvalue weighted by Crippen LogP contribution is -2.62. The van der Waals surface area contributed by atoms with Crippen LogP contribution in [0.2, 0.25) is 0 Å². The molecular weight excluding hydrogens is 554 g/mol. The molecule has 12 heteroatoms. The maximum absolute atomic E-state index is 13.2. The Morgan fingerprint density at radius 2 is 1.58 bits per heavy atom. The molecule has 4 atom stereocenters. The number of Topliss-reactive ketones (excluding diaryl/α,β-unsaturated/α-hetero) is 1. The second-order valence-electron chi connectivity index (χ2n) is 11.6. The first-order valence-corrected chi connectivity index (χ1v) is 14.5. The van der Waals surface area contributed by atoms with E-state index in [1.807, 2.05) is 56.3 Å². The highest BCUT2D eigenvalue weighted by Gasteiger charge is 2.42. The number of nitrogens with two attached hydrogens (primary N) is 1. The quantitative estimate of drug-likeness (QED) is 0.205. The van der Waals surface area contributed by atoms with Crippen molar-refractivity contribution in [3.8, 4) is 0 Å². The zero-order chi connectivity index (χ0) is 31.8. The molecule has 0 radical (unpaired) electrons. The second kappa shape index (κ2) is 14.6. The van der Waals surface area contributed by atoms with Crippen molar-refractivity contribution in [3.05, 3.63) is 48.0 Å². The van der Waals surface area contributed by atoms with Crippen molar-refractivity contribution < 1.29 is 33.9 Å². The Labute approximate surface area is 250 Å². The highest BCUT2D eigenvalue weighted by Crippen LogP contribution is 2.20. The summed E-state index contributed by atoms with van der Waals surface area (Å²) in [6.45, 7) is 7.11. The molecule has 1 aliphatic heterocycles. The van der Waals surface area contributed by atoms with Crippen LogP contribution in [0.4, 0.5) is 4.79 Å². The van der Waals surface area contributed by atoms with E-state index in [1.54, 1.807) is 13.8 Å². The second-order valence-corrected chi connectivity index (χ2v) is 11.6. The van der Waals surface area contributed by atoms with Crippen LogP contribution >= 0.6 is 0 Å². The number of nitrogens with one attached hydrogen (secondary N) is 3. The van der Waals surface area contributed by atoms with E-state index in [0.717, 1.165) is 16.3 Å². The molecule has 2 aromatic rings. The average molecular weight is 596 g/mol. The maximum Gasteiger partial charge on any atom is 0.405 e. The summed E-state index contributed by atoms with van der Waals surface area (Å²) in [5.74, 6) is -4.57. The first-order valence-electron chi connectivity index (χ1n) is 14.5. The summed E-state index contributed by atoms with van der Waals surface area (Å²) >= 11 is 0. The summed E-state index contributed by atoms with van der Waals surface area (Å²) in [4.78, 5) is 76.7. The third kappa shape index (κ3) is 8.76. The number of nitrogens with zero attached hydrogens (tertiary/aromatic N) is 1. The van der Waals surface area contributed by atoms with Crippen LogP contribution in [0, 0.1) is 17.8 Å². The summed E-state index contributed by atoms with van der Waals surface area (Å²) in [5, 5.41) is 18.6. The molecule has 1 heterocycles. The van der Waals surface area contributed by atoms with E-state index in [-0.39, 0.29) is 31.8 Å². The molecule has 0 aliphatic carbocycles. The molecule has 12 nitrogen and oxygen atoms in total. The number of likely N-dealkylation sites (tertiary alicyclic amines) is 1. The van der Waals surface area contributed by atoms with Crippen LogP contribution in [0.5, 0.6) is 0 Å². The minimum atomic E-state index is -1.37. The molecule has 5 amide bonds. The predicted molar refractivity (Wildman–Crippen MR) is 160 cm³/mol. The number of amides is 5. The molecule has 232 valence electrons. The van der Waals surface area contributed by atoms with Crippen molar-refractivity contribution in [2.75, 3.05) is 13.1 Å². The molecular formula is C31H41N5O7. The molecule has 0 spiro atoms. The Balaban J connectivity index is 1.60. The van der Waals surface area contributed by atoms with Gasteiger partial charge in [0.2, 0.25) is 23.5 Å². The number of rotatable bonds is 14. The van der Waals surface area contributed by atoms with Crippen LogP contribution in [-0.2, 0) is 30.4 Å². The van der Waals surface area contributed by atoms with Gasteiger partial charge in [0.25, 0.3) is 5.91 Å². The Morgan fingerprint density at radius 3 is 2.16 bits per heavy atom. The minimum Gasteiger partial charge on any atom is -0.465 e. The number of fused-ring (bicyclic) bond motifs is 1. The Bertz CT molecular complexity index is 1370. The van der Waals surface area contributed by atoms with Gasteiger partial charge in [0, 0.05) is 19.5 Å². The number of hydrogen-bond donors (Lipinski definition) is 5. The van der Waals surface area contributed by atoms with Gasteiger partial charge >= 0.3 is 6.09 Å². The van der Waals surface area contributed by atoms with Crippen molar-refractivity contribution in [2.24, 2.45) is 23.5 Å². The van der Waals surface area contributed by atoms with Gasteiger partial charge in [-0.3, -0.25) is 24.0 Å². The number of benzene rings is 2. The lowest BCUT2D eigenvalue weighted by atomic mass is 9.91. The SMILES string of the molecule is CC[C@H](C)C(NC(=O)[C@H](CC(C)C)NC(=O)O)C(=O)C(=O)N1CC(C(=O)N[C@@H](Cc2ccc3ccccc3c2)C(N)=O)C1. The van der Waals surface area contributed by atoms with Crippen LogP contribution < -0.4 is 21.7 Å². The molecule has 6 N–H and O–H groups in total. The molecule has 0 saturated carbocycles. The molecule has 1 aliphatic rings. The third-order valence-corrected chi connectivity index (χ3v) is 7.78. The summed E-state index contributed by atoms with van der Waals surface area (Å²) in [7, 11) is 0. The van der Waals surface area contributed by atoms with Crippen molar-refractivity contribution in [2.45, 2.75) is 65.1 Å². The van der Waals surface area contributed by atoms with Gasteiger partial charge in [-0.2, -0.15) is 0 Å². The fourth-order valence-electron chi connectivity index (χ4n) is 5.02. The zero-order valence-electron chi connectivity index (χ0n) is 25.0. The summed E-state index contributed by atoms with van der Waals surface area (Å²) < 4.78 is 0. The Kier molecular flexibility index (Phi) is 11.2. The van der Waals surface area contributed by atoms with E-state index in [9.17, 15) is 28.8 Å². The number of hydrogen-bond acceptors (Lipinski definition) is 6. The number of primary amides is 1. The lowest BCUT2D eigenvalue weighted by Gasteiger charge is -2.39. The van der Waals surface area contributed by atoms with E-state index < -0.39 is 65.5 Å². The highest BCUT2D eigenvalue weighted by atomic mass is 16.4. The van der Waals surface area contributed by atoms with Crippen LogP contribution in [0.3, 0.4) is 0 Å². The van der Waals surface area contributed by atoms with Gasteiger partial charge in [0.05, 0.1) is 12.0 Å². The molecule has 0 bridgehead atoms. The summed E-state index contributed by atoms with van der Waals surface area (Å²) in [5.41, 5.74) is 6.40. The normalized spacial score (nSPS) is 16.0. The first-order chi connectivity index (χ1) is 20.3. The van der Waals surface area contributed by atoms with Crippen molar-refractivity contribution in [1.82, 2.24) is 20.9 Å². The topological polar surface area (TPSA) is 188 Å². The first kappa shape index (κ1) is 33.0. The van der Waals surface area contributed by atoms with Gasteiger partial charge < -0.3 is 31.7 Å². The molecule has 3 rings (SSSR count). The smallest absolute Gasteiger partial charge is 0.405 e. The van der Waals surface area contributed by atoms with E-state index in [0.29, 0.717) is 6.42 Å². The van der Waals surface area contributed by atoms with Gasteiger partial charge in [-0.05, 0) is 34.6 Å². The fourth-order valence-corrected chi connectivity index (χ4v) is 5.02. The number of carbonyl (C=O) groups is 6. The number of carbonyl (C=O) groups excluding carboxylic acids is 5.